The lowest BCUT2D eigenvalue weighted by atomic mass is 10.5. The minimum Gasteiger partial charge on any atom is -0.481 e. The van der Waals surface area contributed by atoms with E-state index in [4.69, 9.17) is 5.11 Å². The van der Waals surface area contributed by atoms with Crippen molar-refractivity contribution in [3.63, 3.8) is 0 Å². The molecule has 0 aliphatic heterocycles. The lowest BCUT2D eigenvalue weighted by molar-refractivity contribution is -0.136. The van der Waals surface area contributed by atoms with Crippen LogP contribution in [0.1, 0.15) is 13.3 Å². The van der Waals surface area contributed by atoms with Gasteiger partial charge < -0.3 is 5.11 Å². The van der Waals surface area contributed by atoms with Gasteiger partial charge in [-0.15, -0.1) is 0 Å². The molecule has 0 fully saturated rings. The van der Waals surface area contributed by atoms with Gasteiger partial charge in [0, 0.05) is 6.42 Å². The smallest absolute Gasteiger partial charge is 0.303 e. The van der Waals surface area contributed by atoms with Crippen LogP contribution in [0.5, 0.6) is 0 Å². The second kappa shape index (κ2) is 9.94. The highest BCUT2D eigenvalue weighted by atomic mass is 32.2. The van der Waals surface area contributed by atoms with E-state index < -0.39 is 5.97 Å². The number of carboxylic acid groups (broad SMARTS) is 1. The molecule has 0 bridgehead atoms. The summed E-state index contributed by atoms with van der Waals surface area (Å²) in [5.41, 5.74) is 0. The first-order valence-electron chi connectivity index (χ1n) is 2.30. The van der Waals surface area contributed by atoms with Gasteiger partial charge in [0.25, 0.3) is 0 Å². The molecule has 0 aromatic carbocycles. The maximum atomic E-state index is 9.37. The Labute approximate surface area is 54.3 Å². The normalized spacial score (nSPS) is 6.88. The second-order valence-corrected chi connectivity index (χ2v) is 1.97. The number of aliphatic carboxylic acids is 1. The summed E-state index contributed by atoms with van der Waals surface area (Å²) in [6.07, 6.45) is 4.31. The summed E-state index contributed by atoms with van der Waals surface area (Å²) in [5, 5.41) is 7.72. The third-order valence-electron chi connectivity index (χ3n) is 0.302. The molecule has 0 radical (unpaired) electrons. The molecular weight excluding hydrogens is 124 g/mol. The quantitative estimate of drug-likeness (QED) is 0.593. The van der Waals surface area contributed by atoms with E-state index in [1.165, 1.54) is 0 Å². The molecule has 0 spiro atoms. The number of carboxylic acids is 1. The minimum absolute atomic E-state index is 0.222. The summed E-state index contributed by atoms with van der Waals surface area (Å²) < 4.78 is 0. The zero-order chi connectivity index (χ0) is 6.99. The molecule has 3 heteroatoms. The number of hydrogen-bond donors (Lipinski definition) is 1. The van der Waals surface area contributed by atoms with Crippen LogP contribution in [0, 0.1) is 0 Å². The van der Waals surface area contributed by atoms with Crippen LogP contribution in [-0.4, -0.2) is 23.6 Å². The van der Waals surface area contributed by atoms with Gasteiger partial charge in [0.1, 0.15) is 0 Å². The molecule has 0 aliphatic rings. The van der Waals surface area contributed by atoms with E-state index in [0.29, 0.717) is 0 Å². The molecule has 8 heavy (non-hydrogen) atoms. The van der Waals surface area contributed by atoms with E-state index in [0.717, 1.165) is 0 Å². The fourth-order valence-corrected chi connectivity index (χ4v) is 0. The van der Waals surface area contributed by atoms with Crippen molar-refractivity contribution in [2.75, 3.05) is 12.5 Å². The molecule has 0 amide bonds. The van der Waals surface area contributed by atoms with Gasteiger partial charge in [0.15, 0.2) is 0 Å². The highest BCUT2D eigenvalue weighted by Gasteiger charge is 1.80. The van der Waals surface area contributed by atoms with Crippen LogP contribution < -0.4 is 0 Å². The summed E-state index contributed by atoms with van der Waals surface area (Å²) in [6.45, 7) is 1.60. The lowest BCUT2D eigenvalue weighted by Crippen LogP contribution is -1.86. The number of rotatable bonds is 1. The van der Waals surface area contributed by atoms with E-state index >= 15 is 0 Å². The van der Waals surface area contributed by atoms with Gasteiger partial charge in [-0.1, -0.05) is 6.92 Å². The van der Waals surface area contributed by atoms with Crippen molar-refractivity contribution >= 4 is 17.7 Å². The van der Waals surface area contributed by atoms with Gasteiger partial charge in [-0.25, -0.2) is 0 Å². The zero-order valence-corrected chi connectivity index (χ0v) is 6.29. The summed E-state index contributed by atoms with van der Waals surface area (Å²) in [6, 6.07) is 0. The Hall–Kier alpha value is -0.180. The topological polar surface area (TPSA) is 37.3 Å². The van der Waals surface area contributed by atoms with Crippen molar-refractivity contribution < 1.29 is 9.90 Å². The van der Waals surface area contributed by atoms with Crippen molar-refractivity contribution in [1.82, 2.24) is 0 Å². The minimum atomic E-state index is -0.745. The molecule has 0 rings (SSSR count). The SMILES string of the molecule is CCC(=O)O.CSC. The molecule has 0 heterocycles. The van der Waals surface area contributed by atoms with Gasteiger partial charge >= 0.3 is 5.97 Å². The molecule has 0 aromatic rings. The highest BCUT2D eigenvalue weighted by Crippen LogP contribution is 1.70. The molecule has 0 aromatic heterocycles. The Morgan fingerprint density at radius 3 is 1.75 bits per heavy atom. The molecule has 0 aliphatic carbocycles. The molecule has 0 unspecified atom stereocenters. The third-order valence-corrected chi connectivity index (χ3v) is 0.302. The first-order chi connectivity index (χ1) is 3.68. The third kappa shape index (κ3) is 40.8. The van der Waals surface area contributed by atoms with Gasteiger partial charge in [0.2, 0.25) is 0 Å². The Morgan fingerprint density at radius 1 is 1.62 bits per heavy atom. The monoisotopic (exact) mass is 136 g/mol. The molecular formula is C5H12O2S. The molecule has 1 N–H and O–H groups in total. The lowest BCUT2D eigenvalue weighted by Gasteiger charge is -1.71. The Balaban J connectivity index is 0. The van der Waals surface area contributed by atoms with Crippen molar-refractivity contribution in [1.29, 1.82) is 0 Å². The van der Waals surface area contributed by atoms with Crippen LogP contribution in [0.4, 0.5) is 0 Å². The van der Waals surface area contributed by atoms with E-state index in [1.54, 1.807) is 18.7 Å². The van der Waals surface area contributed by atoms with Gasteiger partial charge in [0.05, 0.1) is 0 Å². The fourth-order valence-electron chi connectivity index (χ4n) is 0. The zero-order valence-electron chi connectivity index (χ0n) is 5.47. The molecule has 0 atom stereocenters. The maximum Gasteiger partial charge on any atom is 0.303 e. The van der Waals surface area contributed by atoms with E-state index in [9.17, 15) is 4.79 Å². The predicted octanol–water partition coefficient (Wildman–Crippen LogP) is 1.46. The average molecular weight is 136 g/mol. The number of thioether (sulfide) groups is 1. The van der Waals surface area contributed by atoms with Gasteiger partial charge in [-0.2, -0.15) is 11.8 Å². The van der Waals surface area contributed by atoms with E-state index in [2.05, 4.69) is 0 Å². The van der Waals surface area contributed by atoms with Crippen molar-refractivity contribution in [3.05, 3.63) is 0 Å². The molecule has 2 nitrogen and oxygen atoms in total. The van der Waals surface area contributed by atoms with E-state index in [1.807, 2.05) is 12.5 Å². The van der Waals surface area contributed by atoms with Crippen LogP contribution in [-0.2, 0) is 4.79 Å². The van der Waals surface area contributed by atoms with Crippen molar-refractivity contribution in [2.45, 2.75) is 13.3 Å². The van der Waals surface area contributed by atoms with E-state index in [-0.39, 0.29) is 6.42 Å². The summed E-state index contributed by atoms with van der Waals surface area (Å²) in [4.78, 5) is 9.37. The van der Waals surface area contributed by atoms with Gasteiger partial charge in [-0.05, 0) is 12.5 Å². The summed E-state index contributed by atoms with van der Waals surface area (Å²) in [5.74, 6) is -0.745. The largest absolute Gasteiger partial charge is 0.481 e. The first kappa shape index (κ1) is 10.7. The summed E-state index contributed by atoms with van der Waals surface area (Å²) in [7, 11) is 0. The van der Waals surface area contributed by atoms with Crippen molar-refractivity contribution in [2.24, 2.45) is 0 Å². The molecule has 0 saturated heterocycles. The number of hydrogen-bond acceptors (Lipinski definition) is 2. The first-order valence-corrected chi connectivity index (χ1v) is 3.94. The standard InChI is InChI=1S/C3H6O2.C2H6S/c1-2-3(4)5;1-3-2/h2H2,1H3,(H,4,5);1-2H3. The van der Waals surface area contributed by atoms with Crippen LogP contribution in [0.25, 0.3) is 0 Å². The number of carbonyl (C=O) groups is 1. The van der Waals surface area contributed by atoms with Crippen LogP contribution in [0.15, 0.2) is 0 Å². The molecule has 50 valence electrons. The fraction of sp³-hybridized carbons (Fsp3) is 0.800. The van der Waals surface area contributed by atoms with Crippen LogP contribution >= 0.6 is 11.8 Å². The Morgan fingerprint density at radius 2 is 1.75 bits per heavy atom. The predicted molar refractivity (Wildman–Crippen MR) is 37.4 cm³/mol. The van der Waals surface area contributed by atoms with Crippen molar-refractivity contribution in [3.8, 4) is 0 Å². The van der Waals surface area contributed by atoms with Crippen LogP contribution in [0.3, 0.4) is 0 Å². The summed E-state index contributed by atoms with van der Waals surface area (Å²) >= 11 is 1.75. The average Bonchev–Trinajstić information content (AvgIpc) is 1.69. The second-order valence-electron chi connectivity index (χ2n) is 1.16. The Kier molecular flexibility index (Phi) is 13.3. The van der Waals surface area contributed by atoms with Crippen LogP contribution in [0.2, 0.25) is 0 Å². The van der Waals surface area contributed by atoms with Gasteiger partial charge in [-0.3, -0.25) is 4.79 Å². The maximum absolute atomic E-state index is 9.37. The highest BCUT2D eigenvalue weighted by molar-refractivity contribution is 7.97. The molecule has 0 saturated carbocycles. The Bertz CT molecular complexity index is 54.4.